The number of piperidine rings is 1. The zero-order valence-electron chi connectivity index (χ0n) is 17.6. The first-order chi connectivity index (χ1) is 15.5. The Balaban J connectivity index is 1.46. The number of nitrogens with zero attached hydrogens (tertiary/aromatic N) is 2. The summed E-state index contributed by atoms with van der Waals surface area (Å²) >= 11 is 0. The van der Waals surface area contributed by atoms with Gasteiger partial charge in [0, 0.05) is 39.1 Å². The Kier molecular flexibility index (Phi) is 5.32. The summed E-state index contributed by atoms with van der Waals surface area (Å²) in [5, 5.41) is 5.58. The predicted molar refractivity (Wildman–Crippen MR) is 117 cm³/mol. The van der Waals surface area contributed by atoms with Crippen LogP contribution in [0.1, 0.15) is 39.1 Å². The van der Waals surface area contributed by atoms with Crippen molar-refractivity contribution in [3.8, 4) is 11.1 Å². The van der Waals surface area contributed by atoms with Crippen LogP contribution < -0.4 is 10.6 Å². The third kappa shape index (κ3) is 3.61. The number of amides is 4. The van der Waals surface area contributed by atoms with Crippen LogP contribution in [-0.2, 0) is 16.1 Å². The monoisotopic (exact) mass is 432 g/mol. The molecule has 3 aliphatic rings. The number of rotatable bonds is 4. The average molecular weight is 432 g/mol. The van der Waals surface area contributed by atoms with E-state index in [1.165, 1.54) is 0 Å². The number of hydrogen-bond donors (Lipinski definition) is 2. The van der Waals surface area contributed by atoms with Crippen molar-refractivity contribution < 1.29 is 19.2 Å². The highest BCUT2D eigenvalue weighted by Gasteiger charge is 2.45. The van der Waals surface area contributed by atoms with Gasteiger partial charge in [-0.1, -0.05) is 30.3 Å². The van der Waals surface area contributed by atoms with E-state index in [1.807, 2.05) is 18.2 Å². The lowest BCUT2D eigenvalue weighted by Crippen LogP contribution is -2.54. The Morgan fingerprint density at radius 2 is 1.66 bits per heavy atom. The van der Waals surface area contributed by atoms with E-state index >= 15 is 0 Å². The van der Waals surface area contributed by atoms with Crippen LogP contribution in [0, 0.1) is 0 Å². The summed E-state index contributed by atoms with van der Waals surface area (Å²) in [5.41, 5.74) is 3.30. The lowest BCUT2D eigenvalue weighted by atomic mass is 9.95. The highest BCUT2D eigenvalue weighted by atomic mass is 16.2. The van der Waals surface area contributed by atoms with E-state index in [9.17, 15) is 19.2 Å². The minimum atomic E-state index is -0.966. The molecule has 8 heteroatoms. The number of fused-ring (bicyclic) bond motifs is 1. The van der Waals surface area contributed by atoms with Crippen LogP contribution in [0.25, 0.3) is 11.1 Å². The molecule has 0 spiro atoms. The Bertz CT molecular complexity index is 1120. The van der Waals surface area contributed by atoms with Gasteiger partial charge in [-0.25, -0.2) is 0 Å². The second kappa shape index (κ2) is 8.29. The highest BCUT2D eigenvalue weighted by molar-refractivity contribution is 6.25. The maximum Gasteiger partial charge on any atom is 0.262 e. The topological polar surface area (TPSA) is 98.8 Å². The number of carbonyl (C=O) groups excluding carboxylic acids is 4. The number of carbonyl (C=O) groups is 4. The normalized spacial score (nSPS) is 21.6. The molecule has 1 unspecified atom stereocenters. The summed E-state index contributed by atoms with van der Waals surface area (Å²) in [4.78, 5) is 53.7. The summed E-state index contributed by atoms with van der Waals surface area (Å²) in [7, 11) is 0. The fraction of sp³-hybridized carbons (Fsp3) is 0.333. The van der Waals surface area contributed by atoms with E-state index in [2.05, 4.69) is 27.7 Å². The molecule has 0 aliphatic carbocycles. The summed E-state index contributed by atoms with van der Waals surface area (Å²) in [6.07, 6.45) is 0.246. The number of nitrogens with one attached hydrogen (secondary N) is 2. The van der Waals surface area contributed by atoms with Crippen LogP contribution in [0.15, 0.2) is 42.5 Å². The molecule has 2 N–H and O–H groups in total. The lowest BCUT2D eigenvalue weighted by molar-refractivity contribution is -0.136. The smallest absolute Gasteiger partial charge is 0.262 e. The maximum atomic E-state index is 13.4. The molecular weight excluding hydrogens is 408 g/mol. The van der Waals surface area contributed by atoms with Gasteiger partial charge in [-0.05, 0) is 35.2 Å². The van der Waals surface area contributed by atoms with E-state index in [0.29, 0.717) is 16.7 Å². The van der Waals surface area contributed by atoms with Gasteiger partial charge in [0.2, 0.25) is 11.8 Å². The number of imide groups is 2. The second-order valence-electron chi connectivity index (χ2n) is 8.40. The molecule has 4 amide bonds. The van der Waals surface area contributed by atoms with Crippen LogP contribution >= 0.6 is 0 Å². The number of piperazine rings is 1. The number of benzene rings is 2. The molecule has 3 heterocycles. The lowest BCUT2D eigenvalue weighted by Gasteiger charge is -2.28. The van der Waals surface area contributed by atoms with Crippen molar-refractivity contribution in [3.05, 3.63) is 59.2 Å². The van der Waals surface area contributed by atoms with Gasteiger partial charge >= 0.3 is 0 Å². The fourth-order valence-corrected chi connectivity index (χ4v) is 4.72. The van der Waals surface area contributed by atoms with Gasteiger partial charge in [-0.2, -0.15) is 0 Å². The molecule has 2 fully saturated rings. The summed E-state index contributed by atoms with van der Waals surface area (Å²) in [5.74, 6) is -1.96. The SMILES string of the molecule is O=C1CCC(N2C(=O)c3cccc(-c4cccc(CN5CCNCC5)c4)c3C2=O)C(=O)N1. The molecule has 3 aliphatic heterocycles. The molecule has 0 bridgehead atoms. The van der Waals surface area contributed by atoms with E-state index in [0.717, 1.165) is 48.8 Å². The van der Waals surface area contributed by atoms with Crippen molar-refractivity contribution >= 4 is 23.6 Å². The van der Waals surface area contributed by atoms with Gasteiger partial charge in [0.15, 0.2) is 0 Å². The Morgan fingerprint density at radius 3 is 2.44 bits per heavy atom. The molecule has 2 saturated heterocycles. The standard InChI is InChI=1S/C24H24N4O4/c29-20-8-7-19(22(30)26-20)28-23(31)18-6-2-5-17(21(18)24(28)32)16-4-1-3-15(13-16)14-27-11-9-25-10-12-27/h1-6,13,19,25H,7-12,14H2,(H,26,29,30). The van der Waals surface area contributed by atoms with E-state index < -0.39 is 23.8 Å². The molecule has 2 aromatic rings. The van der Waals surface area contributed by atoms with Gasteiger partial charge in [0.1, 0.15) is 6.04 Å². The van der Waals surface area contributed by atoms with Crippen molar-refractivity contribution in [3.63, 3.8) is 0 Å². The van der Waals surface area contributed by atoms with E-state index in [4.69, 9.17) is 0 Å². The number of hydrogen-bond acceptors (Lipinski definition) is 6. The first-order valence-corrected chi connectivity index (χ1v) is 10.9. The summed E-state index contributed by atoms with van der Waals surface area (Å²) < 4.78 is 0. The van der Waals surface area contributed by atoms with Crippen molar-refractivity contribution in [2.75, 3.05) is 26.2 Å². The first-order valence-electron chi connectivity index (χ1n) is 10.9. The molecule has 32 heavy (non-hydrogen) atoms. The van der Waals surface area contributed by atoms with Crippen LogP contribution in [0.4, 0.5) is 0 Å². The molecule has 8 nitrogen and oxygen atoms in total. The van der Waals surface area contributed by atoms with Crippen LogP contribution in [0.2, 0.25) is 0 Å². The van der Waals surface area contributed by atoms with E-state index in [-0.39, 0.29) is 18.7 Å². The minimum absolute atomic E-state index is 0.102. The van der Waals surface area contributed by atoms with Crippen LogP contribution in [0.3, 0.4) is 0 Å². The largest absolute Gasteiger partial charge is 0.314 e. The van der Waals surface area contributed by atoms with Gasteiger partial charge < -0.3 is 5.32 Å². The van der Waals surface area contributed by atoms with Crippen molar-refractivity contribution in [1.29, 1.82) is 0 Å². The van der Waals surface area contributed by atoms with Gasteiger partial charge in [0.05, 0.1) is 11.1 Å². The van der Waals surface area contributed by atoms with Gasteiger partial charge in [-0.15, -0.1) is 0 Å². The summed E-state index contributed by atoms with van der Waals surface area (Å²) in [6.45, 7) is 4.73. The quantitative estimate of drug-likeness (QED) is 0.704. The Hall–Kier alpha value is -3.36. The molecule has 1 atom stereocenters. The van der Waals surface area contributed by atoms with Gasteiger partial charge in [-0.3, -0.25) is 34.3 Å². The average Bonchev–Trinajstić information content (AvgIpc) is 3.05. The zero-order chi connectivity index (χ0) is 22.2. The first kappa shape index (κ1) is 20.5. The molecule has 164 valence electrons. The van der Waals surface area contributed by atoms with Crippen LogP contribution in [-0.4, -0.2) is 65.6 Å². The summed E-state index contributed by atoms with van der Waals surface area (Å²) in [6, 6.07) is 12.3. The Labute approximate surface area is 185 Å². The maximum absolute atomic E-state index is 13.4. The van der Waals surface area contributed by atoms with E-state index in [1.54, 1.807) is 12.1 Å². The Morgan fingerprint density at radius 1 is 0.906 bits per heavy atom. The molecular formula is C24H24N4O4. The van der Waals surface area contributed by atoms with Crippen LogP contribution in [0.5, 0.6) is 0 Å². The van der Waals surface area contributed by atoms with Crippen molar-refractivity contribution in [2.45, 2.75) is 25.4 Å². The molecule has 0 radical (unpaired) electrons. The van der Waals surface area contributed by atoms with Gasteiger partial charge in [0.25, 0.3) is 11.8 Å². The fourth-order valence-electron chi connectivity index (χ4n) is 4.72. The highest BCUT2D eigenvalue weighted by Crippen LogP contribution is 2.35. The predicted octanol–water partition coefficient (Wildman–Crippen LogP) is 1.16. The molecule has 0 saturated carbocycles. The third-order valence-electron chi connectivity index (χ3n) is 6.32. The molecule has 0 aromatic heterocycles. The molecule has 5 rings (SSSR count). The third-order valence-corrected chi connectivity index (χ3v) is 6.32. The van der Waals surface area contributed by atoms with Crippen molar-refractivity contribution in [2.24, 2.45) is 0 Å². The zero-order valence-corrected chi connectivity index (χ0v) is 17.6. The van der Waals surface area contributed by atoms with Crippen molar-refractivity contribution in [1.82, 2.24) is 20.4 Å². The second-order valence-corrected chi connectivity index (χ2v) is 8.40. The minimum Gasteiger partial charge on any atom is -0.314 e. The molecule has 2 aromatic carbocycles.